The van der Waals surface area contributed by atoms with E-state index >= 15 is 0 Å². The Morgan fingerprint density at radius 2 is 2.00 bits per heavy atom. The molecule has 0 aliphatic heterocycles. The SMILES string of the molecule is CC[C@H](Cn1nc(-c2cccs2)ccc1=O)NC(=O)Cn1nnc2ccccc21. The Balaban J connectivity index is 1.46. The Hall–Kier alpha value is -3.33. The maximum absolute atomic E-state index is 12.5. The number of amides is 1. The van der Waals surface area contributed by atoms with Crippen molar-refractivity contribution in [3.05, 3.63) is 64.3 Å². The molecule has 0 fully saturated rings. The van der Waals surface area contributed by atoms with E-state index in [-0.39, 0.29) is 24.1 Å². The van der Waals surface area contributed by atoms with Crippen LogP contribution in [0.3, 0.4) is 0 Å². The van der Waals surface area contributed by atoms with Gasteiger partial charge in [0, 0.05) is 12.1 Å². The molecule has 0 spiro atoms. The summed E-state index contributed by atoms with van der Waals surface area (Å²) in [6.45, 7) is 2.33. The zero-order valence-electron chi connectivity index (χ0n) is 15.9. The quantitative estimate of drug-likeness (QED) is 0.506. The van der Waals surface area contributed by atoms with E-state index in [1.165, 1.54) is 10.7 Å². The summed E-state index contributed by atoms with van der Waals surface area (Å²) in [4.78, 5) is 25.8. The predicted octanol–water partition coefficient (Wildman–Crippen LogP) is 2.31. The van der Waals surface area contributed by atoms with Crippen LogP contribution in [0.1, 0.15) is 13.3 Å². The summed E-state index contributed by atoms with van der Waals surface area (Å²) in [6, 6.07) is 14.4. The molecule has 1 aromatic carbocycles. The second-order valence-corrected chi connectivity index (χ2v) is 7.57. The van der Waals surface area contributed by atoms with E-state index < -0.39 is 0 Å². The molecule has 9 heteroatoms. The first-order chi connectivity index (χ1) is 14.1. The lowest BCUT2D eigenvalue weighted by molar-refractivity contribution is -0.122. The summed E-state index contributed by atoms with van der Waals surface area (Å²) in [7, 11) is 0. The highest BCUT2D eigenvalue weighted by Gasteiger charge is 2.15. The highest BCUT2D eigenvalue weighted by atomic mass is 32.1. The third-order valence-electron chi connectivity index (χ3n) is 4.61. The van der Waals surface area contributed by atoms with E-state index in [9.17, 15) is 9.59 Å². The average Bonchev–Trinajstić information content (AvgIpc) is 3.40. The number of aromatic nitrogens is 5. The minimum Gasteiger partial charge on any atom is -0.350 e. The van der Waals surface area contributed by atoms with Gasteiger partial charge in [0.15, 0.2) is 0 Å². The summed E-state index contributed by atoms with van der Waals surface area (Å²) in [5, 5.41) is 17.5. The second-order valence-electron chi connectivity index (χ2n) is 6.62. The predicted molar refractivity (Wildman–Crippen MR) is 112 cm³/mol. The second kappa shape index (κ2) is 8.36. The Labute approximate surface area is 170 Å². The molecule has 8 nitrogen and oxygen atoms in total. The van der Waals surface area contributed by atoms with E-state index in [1.807, 2.05) is 48.7 Å². The van der Waals surface area contributed by atoms with Crippen LogP contribution in [0.5, 0.6) is 0 Å². The molecule has 0 aliphatic rings. The smallest absolute Gasteiger partial charge is 0.266 e. The lowest BCUT2D eigenvalue weighted by atomic mass is 10.2. The fourth-order valence-corrected chi connectivity index (χ4v) is 3.75. The van der Waals surface area contributed by atoms with Gasteiger partial charge in [0.25, 0.3) is 5.56 Å². The van der Waals surface area contributed by atoms with Crippen molar-refractivity contribution in [1.82, 2.24) is 30.1 Å². The number of hydrogen-bond donors (Lipinski definition) is 1. The topological polar surface area (TPSA) is 94.7 Å². The van der Waals surface area contributed by atoms with Gasteiger partial charge in [0.05, 0.1) is 16.9 Å². The minimum atomic E-state index is -0.221. The van der Waals surface area contributed by atoms with Crippen molar-refractivity contribution in [3.8, 4) is 10.6 Å². The maximum Gasteiger partial charge on any atom is 0.266 e. The molecule has 1 atom stereocenters. The summed E-state index contributed by atoms with van der Waals surface area (Å²) >= 11 is 1.57. The molecule has 0 aliphatic carbocycles. The first-order valence-corrected chi connectivity index (χ1v) is 10.2. The molecule has 0 saturated heterocycles. The maximum atomic E-state index is 12.5. The molecule has 29 heavy (non-hydrogen) atoms. The number of carbonyl (C=O) groups excluding carboxylic acids is 1. The summed E-state index contributed by atoms with van der Waals surface area (Å²) in [5.41, 5.74) is 2.10. The standard InChI is InChI=1S/C20H20N6O2S/c1-2-14(12-26-20(28)10-9-16(23-26)18-8-5-11-29-18)21-19(27)13-25-17-7-4-3-6-15(17)22-24-25/h3-11,14H,2,12-13H2,1H3,(H,21,27)/t14-/m1/s1. The third-order valence-corrected chi connectivity index (χ3v) is 5.50. The molecule has 1 N–H and O–H groups in total. The summed E-state index contributed by atoms with van der Waals surface area (Å²) in [5.74, 6) is -0.185. The molecule has 0 unspecified atom stereocenters. The zero-order chi connectivity index (χ0) is 20.2. The van der Waals surface area contributed by atoms with E-state index in [1.54, 1.807) is 22.1 Å². The van der Waals surface area contributed by atoms with Crippen molar-refractivity contribution in [2.45, 2.75) is 32.5 Å². The van der Waals surface area contributed by atoms with Crippen molar-refractivity contribution < 1.29 is 4.79 Å². The fraction of sp³-hybridized carbons (Fsp3) is 0.250. The normalized spacial score (nSPS) is 12.2. The van der Waals surface area contributed by atoms with E-state index in [0.29, 0.717) is 13.0 Å². The van der Waals surface area contributed by atoms with Gasteiger partial charge in [-0.1, -0.05) is 30.3 Å². The monoisotopic (exact) mass is 408 g/mol. The number of benzene rings is 1. The van der Waals surface area contributed by atoms with Crippen LogP contribution in [0.4, 0.5) is 0 Å². The van der Waals surface area contributed by atoms with Gasteiger partial charge < -0.3 is 5.32 Å². The van der Waals surface area contributed by atoms with Gasteiger partial charge in [0.2, 0.25) is 5.91 Å². The van der Waals surface area contributed by atoms with E-state index in [0.717, 1.165) is 21.6 Å². The highest BCUT2D eigenvalue weighted by molar-refractivity contribution is 7.13. The molecule has 3 heterocycles. The van der Waals surface area contributed by atoms with Crippen LogP contribution in [0.2, 0.25) is 0 Å². The van der Waals surface area contributed by atoms with E-state index in [4.69, 9.17) is 0 Å². The first-order valence-electron chi connectivity index (χ1n) is 9.33. The Kier molecular flexibility index (Phi) is 5.48. The van der Waals surface area contributed by atoms with Gasteiger partial charge in [-0.2, -0.15) is 5.10 Å². The number of nitrogens with one attached hydrogen (secondary N) is 1. The van der Waals surface area contributed by atoms with Crippen LogP contribution in [0.25, 0.3) is 21.6 Å². The fourth-order valence-electron chi connectivity index (χ4n) is 3.06. The molecule has 3 aromatic heterocycles. The molecular formula is C20H20N6O2S. The van der Waals surface area contributed by atoms with E-state index in [2.05, 4.69) is 20.7 Å². The number of fused-ring (bicyclic) bond motifs is 1. The lowest BCUT2D eigenvalue weighted by Crippen LogP contribution is -2.41. The number of carbonyl (C=O) groups is 1. The number of rotatable bonds is 7. The lowest BCUT2D eigenvalue weighted by Gasteiger charge is -2.18. The van der Waals surface area contributed by atoms with Crippen LogP contribution in [0, 0.1) is 0 Å². The van der Waals surface area contributed by atoms with Crippen LogP contribution in [-0.2, 0) is 17.9 Å². The Morgan fingerprint density at radius 1 is 1.14 bits per heavy atom. The molecule has 1 amide bonds. The highest BCUT2D eigenvalue weighted by Crippen LogP contribution is 2.21. The molecule has 0 radical (unpaired) electrons. The largest absolute Gasteiger partial charge is 0.350 e. The Bertz CT molecular complexity index is 1180. The van der Waals surface area contributed by atoms with Crippen LogP contribution < -0.4 is 10.9 Å². The molecule has 148 valence electrons. The number of para-hydroxylation sites is 1. The van der Waals surface area contributed by atoms with Crippen molar-refractivity contribution >= 4 is 28.3 Å². The number of thiophene rings is 1. The summed E-state index contributed by atoms with van der Waals surface area (Å²) < 4.78 is 2.98. The average molecular weight is 408 g/mol. The first kappa shape index (κ1) is 19.0. The van der Waals surface area contributed by atoms with Crippen LogP contribution >= 0.6 is 11.3 Å². The molecular weight excluding hydrogens is 388 g/mol. The zero-order valence-corrected chi connectivity index (χ0v) is 16.7. The van der Waals surface area contributed by atoms with Gasteiger partial charge in [0.1, 0.15) is 17.8 Å². The van der Waals surface area contributed by atoms with Crippen molar-refractivity contribution in [3.63, 3.8) is 0 Å². The minimum absolute atomic E-state index is 0.0641. The molecule has 0 saturated carbocycles. The van der Waals surface area contributed by atoms with Crippen molar-refractivity contribution in [1.29, 1.82) is 0 Å². The number of hydrogen-bond acceptors (Lipinski definition) is 6. The van der Waals surface area contributed by atoms with Gasteiger partial charge in [-0.25, -0.2) is 9.36 Å². The Morgan fingerprint density at radius 3 is 2.79 bits per heavy atom. The van der Waals surface area contributed by atoms with Crippen LogP contribution in [-0.4, -0.2) is 36.7 Å². The van der Waals surface area contributed by atoms with Gasteiger partial charge in [-0.05, 0) is 36.1 Å². The molecule has 4 rings (SSSR count). The molecule has 0 bridgehead atoms. The van der Waals surface area contributed by atoms with Gasteiger partial charge in [-0.3, -0.25) is 9.59 Å². The van der Waals surface area contributed by atoms with Crippen LogP contribution in [0.15, 0.2) is 58.7 Å². The van der Waals surface area contributed by atoms with Crippen molar-refractivity contribution in [2.75, 3.05) is 0 Å². The summed E-state index contributed by atoms with van der Waals surface area (Å²) in [6.07, 6.45) is 0.668. The van der Waals surface area contributed by atoms with Gasteiger partial charge in [-0.15, -0.1) is 16.4 Å². The third kappa shape index (κ3) is 4.24. The molecule has 4 aromatic rings. The van der Waals surface area contributed by atoms with Crippen molar-refractivity contribution in [2.24, 2.45) is 0 Å². The number of nitrogens with zero attached hydrogens (tertiary/aromatic N) is 5. The van der Waals surface area contributed by atoms with Gasteiger partial charge >= 0.3 is 0 Å².